The lowest BCUT2D eigenvalue weighted by Gasteiger charge is -2.02. The Morgan fingerprint density at radius 2 is 1.90 bits per heavy atom. The normalized spacial score (nSPS) is 10.6. The van der Waals surface area contributed by atoms with Crippen LogP contribution in [-0.4, -0.2) is 5.91 Å². The number of carbonyl (C=O) groups is 1. The molecule has 3 nitrogen and oxygen atoms in total. The lowest BCUT2D eigenvalue weighted by molar-refractivity contribution is 0.0955. The SMILES string of the molecule is Nc1ccc2sc(C(=O)NCc3ccccc3)cc2c1. The summed E-state index contributed by atoms with van der Waals surface area (Å²) in [6, 6.07) is 17.4. The van der Waals surface area contributed by atoms with Crippen LogP contribution in [0, 0.1) is 0 Å². The maximum atomic E-state index is 12.1. The first-order valence-electron chi connectivity index (χ1n) is 6.33. The topological polar surface area (TPSA) is 55.1 Å². The fraction of sp³-hybridized carbons (Fsp3) is 0.0625. The van der Waals surface area contributed by atoms with Crippen LogP contribution in [0.15, 0.2) is 54.6 Å². The van der Waals surface area contributed by atoms with Gasteiger partial charge in [-0.25, -0.2) is 0 Å². The predicted octanol–water partition coefficient (Wildman–Crippen LogP) is 3.41. The van der Waals surface area contributed by atoms with Gasteiger partial charge in [-0.15, -0.1) is 11.3 Å². The molecule has 4 heteroatoms. The van der Waals surface area contributed by atoms with E-state index in [1.54, 1.807) is 0 Å². The van der Waals surface area contributed by atoms with Crippen LogP contribution < -0.4 is 11.1 Å². The van der Waals surface area contributed by atoms with Gasteiger partial charge in [0.1, 0.15) is 0 Å². The molecular formula is C16H14N2OS. The maximum absolute atomic E-state index is 12.1. The second-order valence-electron chi connectivity index (χ2n) is 4.58. The molecule has 3 aromatic rings. The molecule has 0 bridgehead atoms. The van der Waals surface area contributed by atoms with Crippen molar-refractivity contribution in [2.75, 3.05) is 5.73 Å². The van der Waals surface area contributed by atoms with Gasteiger partial charge in [-0.05, 0) is 35.2 Å². The summed E-state index contributed by atoms with van der Waals surface area (Å²) in [4.78, 5) is 12.9. The number of fused-ring (bicyclic) bond motifs is 1. The van der Waals surface area contributed by atoms with E-state index < -0.39 is 0 Å². The summed E-state index contributed by atoms with van der Waals surface area (Å²) < 4.78 is 1.07. The fourth-order valence-corrected chi connectivity index (χ4v) is 3.00. The Labute approximate surface area is 121 Å². The highest BCUT2D eigenvalue weighted by atomic mass is 32.1. The molecule has 0 saturated carbocycles. The van der Waals surface area contributed by atoms with Gasteiger partial charge in [-0.3, -0.25) is 4.79 Å². The van der Waals surface area contributed by atoms with E-state index in [1.807, 2.05) is 54.6 Å². The van der Waals surface area contributed by atoms with Crippen molar-refractivity contribution in [1.82, 2.24) is 5.32 Å². The third kappa shape index (κ3) is 2.65. The molecule has 100 valence electrons. The highest BCUT2D eigenvalue weighted by Crippen LogP contribution is 2.27. The molecule has 0 fully saturated rings. The van der Waals surface area contributed by atoms with Crippen molar-refractivity contribution in [3.63, 3.8) is 0 Å². The first kappa shape index (κ1) is 12.7. The standard InChI is InChI=1S/C16H14N2OS/c17-13-6-7-14-12(8-13)9-15(20-14)16(19)18-10-11-4-2-1-3-5-11/h1-9H,10,17H2,(H,18,19). The Morgan fingerprint density at radius 1 is 1.10 bits per heavy atom. The van der Waals surface area contributed by atoms with E-state index in [9.17, 15) is 4.79 Å². The smallest absolute Gasteiger partial charge is 0.261 e. The van der Waals surface area contributed by atoms with Gasteiger partial charge in [0.05, 0.1) is 4.88 Å². The molecule has 0 aliphatic heterocycles. The average molecular weight is 282 g/mol. The maximum Gasteiger partial charge on any atom is 0.261 e. The van der Waals surface area contributed by atoms with Crippen LogP contribution in [0.1, 0.15) is 15.2 Å². The molecule has 0 aliphatic rings. The zero-order valence-electron chi connectivity index (χ0n) is 10.8. The van der Waals surface area contributed by atoms with Gasteiger partial charge < -0.3 is 11.1 Å². The molecule has 3 rings (SSSR count). The lowest BCUT2D eigenvalue weighted by Crippen LogP contribution is -2.21. The third-order valence-corrected chi connectivity index (χ3v) is 4.17. The number of amides is 1. The highest BCUT2D eigenvalue weighted by Gasteiger charge is 2.10. The molecule has 0 radical (unpaired) electrons. The van der Waals surface area contributed by atoms with E-state index >= 15 is 0 Å². The summed E-state index contributed by atoms with van der Waals surface area (Å²) >= 11 is 1.48. The number of nitrogens with one attached hydrogen (secondary N) is 1. The van der Waals surface area contributed by atoms with Crippen LogP contribution in [0.4, 0.5) is 5.69 Å². The van der Waals surface area contributed by atoms with Crippen molar-refractivity contribution in [2.45, 2.75) is 6.54 Å². The Kier molecular flexibility index (Phi) is 3.39. The fourth-order valence-electron chi connectivity index (χ4n) is 2.04. The van der Waals surface area contributed by atoms with E-state index in [-0.39, 0.29) is 5.91 Å². The molecule has 0 aliphatic carbocycles. The minimum atomic E-state index is -0.0476. The van der Waals surface area contributed by atoms with E-state index in [2.05, 4.69) is 5.32 Å². The van der Waals surface area contributed by atoms with E-state index in [4.69, 9.17) is 5.73 Å². The van der Waals surface area contributed by atoms with Gasteiger partial charge in [-0.1, -0.05) is 30.3 Å². The second-order valence-corrected chi connectivity index (χ2v) is 5.66. The van der Waals surface area contributed by atoms with Gasteiger partial charge in [0.15, 0.2) is 0 Å². The van der Waals surface area contributed by atoms with Crippen LogP contribution in [-0.2, 0) is 6.54 Å². The number of hydrogen-bond acceptors (Lipinski definition) is 3. The number of nitrogens with two attached hydrogens (primary N) is 1. The quantitative estimate of drug-likeness (QED) is 0.723. The van der Waals surface area contributed by atoms with E-state index in [0.717, 1.165) is 15.6 Å². The summed E-state index contributed by atoms with van der Waals surface area (Å²) in [5.41, 5.74) is 7.55. The van der Waals surface area contributed by atoms with Crippen LogP contribution >= 0.6 is 11.3 Å². The Hall–Kier alpha value is -2.33. The minimum Gasteiger partial charge on any atom is -0.399 e. The van der Waals surface area contributed by atoms with Crippen molar-refractivity contribution in [1.29, 1.82) is 0 Å². The summed E-state index contributed by atoms with van der Waals surface area (Å²) in [5, 5.41) is 3.94. The number of rotatable bonds is 3. The third-order valence-electron chi connectivity index (χ3n) is 3.06. The molecular weight excluding hydrogens is 268 g/mol. The van der Waals surface area contributed by atoms with Gasteiger partial charge in [0.2, 0.25) is 0 Å². The molecule has 1 amide bonds. The van der Waals surface area contributed by atoms with E-state index in [0.29, 0.717) is 17.1 Å². The number of nitrogen functional groups attached to an aromatic ring is 1. The zero-order valence-corrected chi connectivity index (χ0v) is 11.6. The monoisotopic (exact) mass is 282 g/mol. The van der Waals surface area contributed by atoms with Crippen molar-refractivity contribution < 1.29 is 4.79 Å². The van der Waals surface area contributed by atoms with Crippen molar-refractivity contribution >= 4 is 33.0 Å². The molecule has 0 spiro atoms. The molecule has 1 heterocycles. The zero-order chi connectivity index (χ0) is 13.9. The molecule has 3 N–H and O–H groups in total. The predicted molar refractivity (Wildman–Crippen MR) is 83.8 cm³/mol. The molecule has 0 saturated heterocycles. The number of anilines is 1. The largest absolute Gasteiger partial charge is 0.399 e. The number of carbonyl (C=O) groups excluding carboxylic acids is 1. The van der Waals surface area contributed by atoms with Gasteiger partial charge in [0, 0.05) is 16.9 Å². The van der Waals surface area contributed by atoms with Gasteiger partial charge in [0.25, 0.3) is 5.91 Å². The summed E-state index contributed by atoms with van der Waals surface area (Å²) in [5.74, 6) is -0.0476. The average Bonchev–Trinajstić information content (AvgIpc) is 2.89. The Balaban J connectivity index is 1.75. The second kappa shape index (κ2) is 5.35. The highest BCUT2D eigenvalue weighted by molar-refractivity contribution is 7.20. The van der Waals surface area contributed by atoms with Crippen molar-refractivity contribution in [3.8, 4) is 0 Å². The van der Waals surface area contributed by atoms with Crippen LogP contribution in [0.5, 0.6) is 0 Å². The molecule has 0 atom stereocenters. The number of thiophene rings is 1. The first-order valence-corrected chi connectivity index (χ1v) is 7.15. The van der Waals surface area contributed by atoms with Crippen LogP contribution in [0.3, 0.4) is 0 Å². The number of hydrogen-bond donors (Lipinski definition) is 2. The number of benzene rings is 2. The van der Waals surface area contributed by atoms with Crippen molar-refractivity contribution in [2.24, 2.45) is 0 Å². The van der Waals surface area contributed by atoms with Crippen LogP contribution in [0.2, 0.25) is 0 Å². The summed E-state index contributed by atoms with van der Waals surface area (Å²) in [7, 11) is 0. The molecule has 20 heavy (non-hydrogen) atoms. The summed E-state index contributed by atoms with van der Waals surface area (Å²) in [6.45, 7) is 0.538. The van der Waals surface area contributed by atoms with Crippen molar-refractivity contribution in [3.05, 3.63) is 65.0 Å². The Morgan fingerprint density at radius 3 is 2.70 bits per heavy atom. The van der Waals surface area contributed by atoms with Gasteiger partial charge >= 0.3 is 0 Å². The van der Waals surface area contributed by atoms with Crippen LogP contribution in [0.25, 0.3) is 10.1 Å². The molecule has 0 unspecified atom stereocenters. The lowest BCUT2D eigenvalue weighted by atomic mass is 10.2. The molecule has 1 aromatic heterocycles. The first-order chi connectivity index (χ1) is 9.72. The van der Waals surface area contributed by atoms with E-state index in [1.165, 1.54) is 11.3 Å². The van der Waals surface area contributed by atoms with Gasteiger partial charge in [-0.2, -0.15) is 0 Å². The summed E-state index contributed by atoms with van der Waals surface area (Å²) in [6.07, 6.45) is 0. The Bertz CT molecular complexity index is 750. The minimum absolute atomic E-state index is 0.0476. The molecule has 2 aromatic carbocycles.